The van der Waals surface area contributed by atoms with Gasteiger partial charge in [0, 0.05) is 37.9 Å². The lowest BCUT2D eigenvalue weighted by Gasteiger charge is -2.34. The zero-order valence-corrected chi connectivity index (χ0v) is 15.3. The molecule has 4 N–H and O–H groups in total. The number of hydrogen-bond acceptors (Lipinski definition) is 5. The number of nitrogens with one attached hydrogen (secondary N) is 4. The van der Waals surface area contributed by atoms with Gasteiger partial charge in [0.2, 0.25) is 11.8 Å². The molecule has 4 amide bonds. The number of hydrogen-bond donors (Lipinski definition) is 4. The number of anilines is 1. The lowest BCUT2D eigenvalue weighted by Crippen LogP contribution is -2.61. The Labute approximate surface area is 157 Å². The van der Waals surface area contributed by atoms with Crippen LogP contribution in [-0.2, 0) is 9.59 Å². The molecule has 0 radical (unpaired) electrons. The van der Waals surface area contributed by atoms with Crippen LogP contribution in [0.1, 0.15) is 12.8 Å². The second-order valence-electron chi connectivity index (χ2n) is 6.61. The zero-order chi connectivity index (χ0) is 19.2. The number of benzene rings is 1. The van der Waals surface area contributed by atoms with Gasteiger partial charge in [-0.2, -0.15) is 0 Å². The highest BCUT2D eigenvalue weighted by Crippen LogP contribution is 2.17. The van der Waals surface area contributed by atoms with Crippen LogP contribution in [0.15, 0.2) is 24.3 Å². The van der Waals surface area contributed by atoms with Crippen LogP contribution in [0.4, 0.5) is 10.5 Å². The maximum absolute atomic E-state index is 12.5. The summed E-state index contributed by atoms with van der Waals surface area (Å²) in [6.45, 7) is 1.87. The molecule has 0 aliphatic carbocycles. The molecule has 9 heteroatoms. The Hall–Kier alpha value is -2.81. The maximum atomic E-state index is 12.5. The highest BCUT2D eigenvalue weighted by atomic mass is 16.5. The van der Waals surface area contributed by atoms with Crippen molar-refractivity contribution >= 4 is 23.5 Å². The monoisotopic (exact) mass is 375 g/mol. The molecule has 0 bridgehead atoms. The first kappa shape index (κ1) is 19.0. The molecule has 9 nitrogen and oxygen atoms in total. The Balaban J connectivity index is 1.55. The minimum absolute atomic E-state index is 0.155. The van der Waals surface area contributed by atoms with Crippen LogP contribution in [0.3, 0.4) is 0 Å². The number of rotatable bonds is 4. The van der Waals surface area contributed by atoms with E-state index in [0.717, 1.165) is 6.42 Å². The van der Waals surface area contributed by atoms with E-state index in [1.54, 1.807) is 36.3 Å². The number of methoxy groups -OCH3 is 1. The molecular weight excluding hydrogens is 350 g/mol. The van der Waals surface area contributed by atoms with E-state index in [2.05, 4.69) is 21.3 Å². The molecule has 1 aromatic carbocycles. The summed E-state index contributed by atoms with van der Waals surface area (Å²) >= 11 is 0. The van der Waals surface area contributed by atoms with E-state index in [1.807, 2.05) is 0 Å². The number of piperazine rings is 1. The fourth-order valence-corrected chi connectivity index (χ4v) is 3.20. The maximum Gasteiger partial charge on any atom is 0.321 e. The van der Waals surface area contributed by atoms with Crippen LogP contribution < -0.4 is 26.0 Å². The Morgan fingerprint density at radius 1 is 1.30 bits per heavy atom. The molecule has 0 spiro atoms. The second-order valence-corrected chi connectivity index (χ2v) is 6.61. The number of urea groups is 1. The van der Waals surface area contributed by atoms with Gasteiger partial charge in [0.15, 0.2) is 0 Å². The van der Waals surface area contributed by atoms with E-state index in [4.69, 9.17) is 4.74 Å². The number of amides is 4. The minimum Gasteiger partial charge on any atom is -0.497 e. The quantitative estimate of drug-likeness (QED) is 0.587. The summed E-state index contributed by atoms with van der Waals surface area (Å²) in [5.41, 5.74) is 0.623. The van der Waals surface area contributed by atoms with Crippen molar-refractivity contribution in [1.82, 2.24) is 20.9 Å². The van der Waals surface area contributed by atoms with Crippen LogP contribution >= 0.6 is 0 Å². The summed E-state index contributed by atoms with van der Waals surface area (Å²) in [6, 6.07) is 5.75. The Morgan fingerprint density at radius 3 is 2.93 bits per heavy atom. The molecule has 2 atom stereocenters. The van der Waals surface area contributed by atoms with Crippen molar-refractivity contribution in [3.8, 4) is 5.75 Å². The van der Waals surface area contributed by atoms with Gasteiger partial charge in [-0.1, -0.05) is 6.07 Å². The summed E-state index contributed by atoms with van der Waals surface area (Å²) in [5.74, 6) is 0.227. The average Bonchev–Trinajstić information content (AvgIpc) is 2.70. The van der Waals surface area contributed by atoms with E-state index in [9.17, 15) is 14.4 Å². The summed E-state index contributed by atoms with van der Waals surface area (Å²) in [6.07, 6.45) is 1.47. The number of carbonyl (C=O) groups excluding carboxylic acids is 3. The van der Waals surface area contributed by atoms with Gasteiger partial charge in [0.05, 0.1) is 7.11 Å². The molecule has 2 heterocycles. The SMILES string of the molecule is COc1cccc(NC(=O)N2CCN[C@H](C(=O)N[C@H]3CCCNC3=O)C2)c1. The van der Waals surface area contributed by atoms with Gasteiger partial charge >= 0.3 is 6.03 Å². The minimum atomic E-state index is -0.551. The van der Waals surface area contributed by atoms with E-state index in [0.29, 0.717) is 37.5 Å². The van der Waals surface area contributed by atoms with Crippen molar-refractivity contribution in [3.05, 3.63) is 24.3 Å². The fourth-order valence-electron chi connectivity index (χ4n) is 3.20. The molecule has 3 rings (SSSR count). The molecule has 27 heavy (non-hydrogen) atoms. The molecule has 2 saturated heterocycles. The number of carbonyl (C=O) groups is 3. The molecular formula is C18H25N5O4. The first-order valence-corrected chi connectivity index (χ1v) is 9.08. The average molecular weight is 375 g/mol. The smallest absolute Gasteiger partial charge is 0.321 e. The first-order valence-electron chi connectivity index (χ1n) is 9.08. The van der Waals surface area contributed by atoms with Gasteiger partial charge < -0.3 is 30.9 Å². The van der Waals surface area contributed by atoms with Gasteiger partial charge in [-0.15, -0.1) is 0 Å². The van der Waals surface area contributed by atoms with Gasteiger partial charge in [-0.3, -0.25) is 9.59 Å². The van der Waals surface area contributed by atoms with E-state index < -0.39 is 12.1 Å². The van der Waals surface area contributed by atoms with Gasteiger partial charge in [-0.25, -0.2) is 4.79 Å². The van der Waals surface area contributed by atoms with Crippen molar-refractivity contribution in [2.24, 2.45) is 0 Å². The van der Waals surface area contributed by atoms with E-state index >= 15 is 0 Å². The third-order valence-corrected chi connectivity index (χ3v) is 4.70. The predicted octanol–water partition coefficient (Wildman–Crippen LogP) is -0.104. The summed E-state index contributed by atoms with van der Waals surface area (Å²) in [5, 5.41) is 11.4. The van der Waals surface area contributed by atoms with Crippen LogP contribution in [0.25, 0.3) is 0 Å². The Kier molecular flexibility index (Phi) is 6.12. The van der Waals surface area contributed by atoms with Crippen molar-refractivity contribution < 1.29 is 19.1 Å². The summed E-state index contributed by atoms with van der Waals surface area (Å²) in [7, 11) is 1.56. The van der Waals surface area contributed by atoms with Gasteiger partial charge in [0.1, 0.15) is 17.8 Å². The highest BCUT2D eigenvalue weighted by molar-refractivity contribution is 5.92. The number of ether oxygens (including phenoxy) is 1. The topological polar surface area (TPSA) is 112 Å². The lowest BCUT2D eigenvalue weighted by atomic mass is 10.1. The molecule has 0 unspecified atom stereocenters. The van der Waals surface area contributed by atoms with Crippen LogP contribution in [0.5, 0.6) is 5.75 Å². The molecule has 2 fully saturated rings. The first-order chi connectivity index (χ1) is 13.1. The third-order valence-electron chi connectivity index (χ3n) is 4.70. The molecule has 2 aliphatic heterocycles. The number of piperidine rings is 1. The van der Waals surface area contributed by atoms with Crippen molar-refractivity contribution in [1.29, 1.82) is 0 Å². The lowest BCUT2D eigenvalue weighted by molar-refractivity contribution is -0.131. The summed E-state index contributed by atoms with van der Waals surface area (Å²) in [4.78, 5) is 38.4. The standard InChI is InChI=1S/C18H25N5O4/c1-27-13-5-2-4-12(10-13)21-18(26)23-9-8-19-15(11-23)17(25)22-14-6-3-7-20-16(14)24/h2,4-5,10,14-15,19H,3,6-9,11H2,1H3,(H,20,24)(H,21,26)(H,22,25)/t14-,15-/m0/s1. The second kappa shape index (κ2) is 8.72. The highest BCUT2D eigenvalue weighted by Gasteiger charge is 2.31. The molecule has 2 aliphatic rings. The van der Waals surface area contributed by atoms with Gasteiger partial charge in [0.25, 0.3) is 0 Å². The zero-order valence-electron chi connectivity index (χ0n) is 15.3. The van der Waals surface area contributed by atoms with E-state index in [1.165, 1.54) is 0 Å². The van der Waals surface area contributed by atoms with Crippen molar-refractivity contribution in [2.45, 2.75) is 24.9 Å². The third kappa shape index (κ3) is 4.88. The van der Waals surface area contributed by atoms with E-state index in [-0.39, 0.29) is 24.4 Å². The molecule has 0 saturated carbocycles. The number of nitrogens with zero attached hydrogens (tertiary/aromatic N) is 1. The summed E-state index contributed by atoms with van der Waals surface area (Å²) < 4.78 is 5.15. The Morgan fingerprint density at radius 2 is 2.15 bits per heavy atom. The van der Waals surface area contributed by atoms with Crippen LogP contribution in [0.2, 0.25) is 0 Å². The van der Waals surface area contributed by atoms with Crippen molar-refractivity contribution in [3.63, 3.8) is 0 Å². The molecule has 1 aromatic rings. The van der Waals surface area contributed by atoms with Crippen LogP contribution in [-0.4, -0.2) is 68.1 Å². The fraction of sp³-hybridized carbons (Fsp3) is 0.500. The predicted molar refractivity (Wildman–Crippen MR) is 99.6 cm³/mol. The van der Waals surface area contributed by atoms with Crippen LogP contribution in [0, 0.1) is 0 Å². The van der Waals surface area contributed by atoms with Gasteiger partial charge in [-0.05, 0) is 25.0 Å². The normalized spacial score (nSPS) is 22.6. The van der Waals surface area contributed by atoms with Crippen molar-refractivity contribution in [2.75, 3.05) is 38.6 Å². The molecule has 0 aromatic heterocycles. The Bertz CT molecular complexity index is 711. The molecule has 146 valence electrons. The largest absolute Gasteiger partial charge is 0.497 e.